The molecular formula is C11H10BrF3O3. The summed E-state index contributed by atoms with van der Waals surface area (Å²) in [6.45, 7) is 1.48. The minimum atomic E-state index is -4.92. The van der Waals surface area contributed by atoms with E-state index in [1.807, 2.05) is 0 Å². The monoisotopic (exact) mass is 326 g/mol. The van der Waals surface area contributed by atoms with Crippen LogP contribution in [0.5, 0.6) is 0 Å². The van der Waals surface area contributed by atoms with Crippen molar-refractivity contribution in [2.75, 3.05) is 6.61 Å². The van der Waals surface area contributed by atoms with Gasteiger partial charge in [0.2, 0.25) is 0 Å². The van der Waals surface area contributed by atoms with Crippen LogP contribution in [0.4, 0.5) is 13.2 Å². The van der Waals surface area contributed by atoms with Crippen molar-refractivity contribution in [3.63, 3.8) is 0 Å². The molecule has 100 valence electrons. The summed E-state index contributed by atoms with van der Waals surface area (Å²) in [6.07, 6.45) is -6.76. The molecule has 3 nitrogen and oxygen atoms in total. The van der Waals surface area contributed by atoms with Crippen LogP contribution in [-0.4, -0.2) is 18.9 Å². The maximum Gasteiger partial charge on any atom is 0.523 e. The Bertz CT molecular complexity index is 420. The third-order valence-corrected chi connectivity index (χ3v) is 2.66. The second-order valence-corrected chi connectivity index (χ2v) is 4.07. The number of esters is 1. The van der Waals surface area contributed by atoms with Crippen LogP contribution < -0.4 is 0 Å². The molecule has 0 amide bonds. The SMILES string of the molecule is CCOC(=O)C(OC(F)(F)F)c1ccccc1Br. The normalized spacial score (nSPS) is 13.2. The van der Waals surface area contributed by atoms with E-state index in [0.29, 0.717) is 4.47 Å². The van der Waals surface area contributed by atoms with Gasteiger partial charge in [0.05, 0.1) is 6.61 Å². The molecule has 0 saturated heterocycles. The number of alkyl halides is 3. The smallest absolute Gasteiger partial charge is 0.464 e. The van der Waals surface area contributed by atoms with Crippen LogP contribution in [0, 0.1) is 0 Å². The van der Waals surface area contributed by atoms with Gasteiger partial charge in [0.25, 0.3) is 0 Å². The molecule has 1 aromatic carbocycles. The van der Waals surface area contributed by atoms with E-state index in [9.17, 15) is 18.0 Å². The number of carbonyl (C=O) groups is 1. The fourth-order valence-corrected chi connectivity index (χ4v) is 1.77. The standard InChI is InChI=1S/C11H10BrF3O3/c1-2-17-10(16)9(18-11(13,14)15)7-5-3-4-6-8(7)12/h3-6,9H,2H2,1H3. The predicted molar refractivity (Wildman–Crippen MR) is 60.7 cm³/mol. The summed E-state index contributed by atoms with van der Waals surface area (Å²) in [5, 5.41) is 0. The first-order valence-corrected chi connectivity index (χ1v) is 5.80. The van der Waals surface area contributed by atoms with Crippen molar-refractivity contribution in [3.8, 4) is 0 Å². The average Bonchev–Trinajstić information content (AvgIpc) is 2.26. The fourth-order valence-electron chi connectivity index (χ4n) is 1.28. The minimum absolute atomic E-state index is 0.0268. The number of hydrogen-bond donors (Lipinski definition) is 0. The zero-order valence-corrected chi connectivity index (χ0v) is 10.9. The lowest BCUT2D eigenvalue weighted by atomic mass is 10.1. The Morgan fingerprint density at radius 3 is 2.50 bits per heavy atom. The third-order valence-electron chi connectivity index (χ3n) is 1.94. The molecule has 0 heterocycles. The molecule has 1 aromatic rings. The molecule has 0 aliphatic carbocycles. The van der Waals surface area contributed by atoms with Crippen LogP contribution >= 0.6 is 15.9 Å². The molecule has 0 aliphatic heterocycles. The van der Waals surface area contributed by atoms with Gasteiger partial charge in [-0.05, 0) is 13.0 Å². The first-order chi connectivity index (χ1) is 8.35. The largest absolute Gasteiger partial charge is 0.523 e. The lowest BCUT2D eigenvalue weighted by Gasteiger charge is -2.19. The highest BCUT2D eigenvalue weighted by Crippen LogP contribution is 2.32. The molecule has 0 spiro atoms. The zero-order valence-electron chi connectivity index (χ0n) is 9.33. The van der Waals surface area contributed by atoms with E-state index in [1.165, 1.54) is 25.1 Å². The average molecular weight is 327 g/mol. The van der Waals surface area contributed by atoms with Gasteiger partial charge in [-0.2, -0.15) is 0 Å². The van der Waals surface area contributed by atoms with Crippen molar-refractivity contribution in [1.82, 2.24) is 0 Å². The van der Waals surface area contributed by atoms with Crippen molar-refractivity contribution in [1.29, 1.82) is 0 Å². The predicted octanol–water partition coefficient (Wildman–Crippen LogP) is 3.59. The molecule has 7 heteroatoms. The second-order valence-electron chi connectivity index (χ2n) is 3.22. The minimum Gasteiger partial charge on any atom is -0.464 e. The van der Waals surface area contributed by atoms with Crippen molar-refractivity contribution in [3.05, 3.63) is 34.3 Å². The van der Waals surface area contributed by atoms with Crippen LogP contribution in [-0.2, 0) is 14.3 Å². The summed E-state index contributed by atoms with van der Waals surface area (Å²) < 4.78 is 45.6. The molecule has 0 bridgehead atoms. The highest BCUT2D eigenvalue weighted by molar-refractivity contribution is 9.10. The fraction of sp³-hybridized carbons (Fsp3) is 0.364. The number of ether oxygens (including phenoxy) is 2. The van der Waals surface area contributed by atoms with Gasteiger partial charge in [0.1, 0.15) is 0 Å². The van der Waals surface area contributed by atoms with E-state index in [0.717, 1.165) is 0 Å². The van der Waals surface area contributed by atoms with E-state index < -0.39 is 18.4 Å². The van der Waals surface area contributed by atoms with Gasteiger partial charge < -0.3 is 4.74 Å². The lowest BCUT2D eigenvalue weighted by Crippen LogP contribution is -2.26. The molecule has 1 atom stereocenters. The van der Waals surface area contributed by atoms with E-state index in [1.54, 1.807) is 6.07 Å². The highest BCUT2D eigenvalue weighted by atomic mass is 79.9. The van der Waals surface area contributed by atoms with Gasteiger partial charge >= 0.3 is 12.3 Å². The Balaban J connectivity index is 3.05. The Morgan fingerprint density at radius 1 is 1.39 bits per heavy atom. The summed E-state index contributed by atoms with van der Waals surface area (Å²) in [5.41, 5.74) is 0.0632. The van der Waals surface area contributed by atoms with Crippen LogP contribution in [0.1, 0.15) is 18.6 Å². The highest BCUT2D eigenvalue weighted by Gasteiger charge is 2.39. The van der Waals surface area contributed by atoms with Crippen LogP contribution in [0.2, 0.25) is 0 Å². The molecule has 0 aromatic heterocycles. The quantitative estimate of drug-likeness (QED) is 0.793. The van der Waals surface area contributed by atoms with Gasteiger partial charge in [-0.25, -0.2) is 4.79 Å². The summed E-state index contributed by atoms with van der Waals surface area (Å²) >= 11 is 3.07. The maximum atomic E-state index is 12.3. The number of carbonyl (C=O) groups excluding carboxylic acids is 1. The van der Waals surface area contributed by atoms with Gasteiger partial charge in [-0.15, -0.1) is 13.2 Å². The first-order valence-electron chi connectivity index (χ1n) is 5.00. The Labute approximate surface area is 110 Å². The molecule has 0 aliphatic rings. The molecule has 18 heavy (non-hydrogen) atoms. The molecule has 0 fully saturated rings. The Hall–Kier alpha value is -1.08. The molecule has 0 radical (unpaired) electrons. The molecule has 1 rings (SSSR count). The lowest BCUT2D eigenvalue weighted by molar-refractivity contribution is -0.342. The van der Waals surface area contributed by atoms with E-state index in [-0.39, 0.29) is 12.2 Å². The number of benzene rings is 1. The summed E-state index contributed by atoms with van der Waals surface area (Å²) in [6, 6.07) is 5.99. The Kier molecular flexibility index (Phi) is 5.15. The van der Waals surface area contributed by atoms with Crippen molar-refractivity contribution in [2.24, 2.45) is 0 Å². The van der Waals surface area contributed by atoms with E-state index in [4.69, 9.17) is 0 Å². The first kappa shape index (κ1) is 15.0. The Morgan fingerprint density at radius 2 is 2.00 bits per heavy atom. The van der Waals surface area contributed by atoms with Crippen LogP contribution in [0.25, 0.3) is 0 Å². The van der Waals surface area contributed by atoms with Gasteiger partial charge in [0.15, 0.2) is 6.10 Å². The number of rotatable bonds is 4. The van der Waals surface area contributed by atoms with Gasteiger partial charge in [0, 0.05) is 10.0 Å². The van der Waals surface area contributed by atoms with Crippen molar-refractivity contribution >= 4 is 21.9 Å². The zero-order chi connectivity index (χ0) is 13.8. The molecule has 1 unspecified atom stereocenters. The van der Waals surface area contributed by atoms with E-state index in [2.05, 4.69) is 25.4 Å². The topological polar surface area (TPSA) is 35.5 Å². The molecule has 0 N–H and O–H groups in total. The summed E-state index contributed by atoms with van der Waals surface area (Å²) in [7, 11) is 0. The number of hydrogen-bond acceptors (Lipinski definition) is 3. The van der Waals surface area contributed by atoms with Crippen LogP contribution in [0.15, 0.2) is 28.7 Å². The molecule has 0 saturated carbocycles. The number of halogens is 4. The van der Waals surface area contributed by atoms with Crippen molar-refractivity contribution in [2.45, 2.75) is 19.4 Å². The van der Waals surface area contributed by atoms with Gasteiger partial charge in [-0.1, -0.05) is 34.1 Å². The van der Waals surface area contributed by atoms with Gasteiger partial charge in [-0.3, -0.25) is 4.74 Å². The van der Waals surface area contributed by atoms with E-state index >= 15 is 0 Å². The summed E-state index contributed by atoms with van der Waals surface area (Å²) in [4.78, 5) is 11.5. The molecular weight excluding hydrogens is 317 g/mol. The van der Waals surface area contributed by atoms with Crippen molar-refractivity contribution < 1.29 is 27.4 Å². The summed E-state index contributed by atoms with van der Waals surface area (Å²) in [5.74, 6) is -1.08. The van der Waals surface area contributed by atoms with Crippen LogP contribution in [0.3, 0.4) is 0 Å². The third kappa shape index (κ3) is 4.30. The maximum absolute atomic E-state index is 12.3. The second kappa shape index (κ2) is 6.19.